The van der Waals surface area contributed by atoms with Crippen molar-refractivity contribution in [2.75, 3.05) is 51.9 Å². The van der Waals surface area contributed by atoms with Crippen LogP contribution in [-0.4, -0.2) is 52.5 Å². The van der Waals surface area contributed by atoms with Gasteiger partial charge in [-0.1, -0.05) is 12.1 Å². The molecule has 2 rings (SSSR count). The molecule has 1 heterocycles. The van der Waals surface area contributed by atoms with Gasteiger partial charge in [0, 0.05) is 19.4 Å². The van der Waals surface area contributed by atoms with Gasteiger partial charge in [0.2, 0.25) is 5.91 Å². The van der Waals surface area contributed by atoms with E-state index >= 15 is 0 Å². The standard InChI is InChI=1S/C19H30N2O4.ClH/c1-3-24-11-12-25-14-16-5-4-6-17(13-16)21-18(22)19(15-23-2)7-9-20-10-8-19;/h4-6,13,20H,3,7-12,14-15H2,1-2H3,(H,21,22);1H. The van der Waals surface area contributed by atoms with Crippen LogP contribution in [0.5, 0.6) is 0 Å². The number of anilines is 1. The van der Waals surface area contributed by atoms with E-state index in [1.807, 2.05) is 31.2 Å². The molecule has 0 aliphatic carbocycles. The van der Waals surface area contributed by atoms with Gasteiger partial charge in [-0.2, -0.15) is 0 Å². The summed E-state index contributed by atoms with van der Waals surface area (Å²) in [5.74, 6) is 0.0327. The molecule has 1 aromatic carbocycles. The molecule has 148 valence electrons. The van der Waals surface area contributed by atoms with Crippen LogP contribution in [0.4, 0.5) is 5.69 Å². The number of methoxy groups -OCH3 is 1. The second kappa shape index (κ2) is 12.3. The lowest BCUT2D eigenvalue weighted by molar-refractivity contribution is -0.130. The number of rotatable bonds is 10. The zero-order chi connectivity index (χ0) is 18.0. The van der Waals surface area contributed by atoms with Crippen molar-refractivity contribution in [3.63, 3.8) is 0 Å². The molecule has 1 aliphatic rings. The fourth-order valence-electron chi connectivity index (χ4n) is 3.07. The third-order valence-corrected chi connectivity index (χ3v) is 4.49. The van der Waals surface area contributed by atoms with Crippen molar-refractivity contribution in [2.24, 2.45) is 5.41 Å². The van der Waals surface area contributed by atoms with Gasteiger partial charge in [0.15, 0.2) is 0 Å². The molecule has 1 aliphatic heterocycles. The molecule has 7 heteroatoms. The van der Waals surface area contributed by atoms with Crippen molar-refractivity contribution in [3.05, 3.63) is 29.8 Å². The highest BCUT2D eigenvalue weighted by Gasteiger charge is 2.39. The summed E-state index contributed by atoms with van der Waals surface area (Å²) in [6.07, 6.45) is 1.57. The Hall–Kier alpha value is -1.18. The molecule has 0 saturated carbocycles. The minimum atomic E-state index is -0.454. The fraction of sp³-hybridized carbons (Fsp3) is 0.632. The van der Waals surface area contributed by atoms with Crippen LogP contribution in [0.15, 0.2) is 24.3 Å². The van der Waals surface area contributed by atoms with Crippen LogP contribution in [0.3, 0.4) is 0 Å². The summed E-state index contributed by atoms with van der Waals surface area (Å²) in [7, 11) is 1.65. The van der Waals surface area contributed by atoms with Crippen molar-refractivity contribution in [1.82, 2.24) is 5.32 Å². The Labute approximate surface area is 162 Å². The largest absolute Gasteiger partial charge is 0.384 e. The van der Waals surface area contributed by atoms with E-state index in [2.05, 4.69) is 10.6 Å². The number of nitrogens with one attached hydrogen (secondary N) is 2. The summed E-state index contributed by atoms with van der Waals surface area (Å²) in [4.78, 5) is 12.9. The number of benzene rings is 1. The van der Waals surface area contributed by atoms with E-state index in [0.717, 1.165) is 37.2 Å². The van der Waals surface area contributed by atoms with Crippen molar-refractivity contribution < 1.29 is 19.0 Å². The summed E-state index contributed by atoms with van der Waals surface area (Å²) >= 11 is 0. The summed E-state index contributed by atoms with van der Waals surface area (Å²) in [5, 5.41) is 6.36. The number of piperidine rings is 1. The fourth-order valence-corrected chi connectivity index (χ4v) is 3.07. The van der Waals surface area contributed by atoms with Gasteiger partial charge < -0.3 is 24.8 Å². The van der Waals surface area contributed by atoms with E-state index in [0.29, 0.717) is 33.0 Å². The average Bonchev–Trinajstić information content (AvgIpc) is 2.63. The Morgan fingerprint density at radius 3 is 2.65 bits per heavy atom. The van der Waals surface area contributed by atoms with Crippen LogP contribution >= 0.6 is 12.4 Å². The molecule has 0 unspecified atom stereocenters. The molecule has 1 saturated heterocycles. The van der Waals surface area contributed by atoms with Gasteiger partial charge in [-0.05, 0) is 50.6 Å². The Kier molecular flexibility index (Phi) is 10.8. The average molecular weight is 387 g/mol. The topological polar surface area (TPSA) is 68.8 Å². The first-order valence-corrected chi connectivity index (χ1v) is 8.96. The third-order valence-electron chi connectivity index (χ3n) is 4.49. The minimum Gasteiger partial charge on any atom is -0.384 e. The maximum atomic E-state index is 12.9. The number of amides is 1. The van der Waals surface area contributed by atoms with Gasteiger partial charge in [0.25, 0.3) is 0 Å². The van der Waals surface area contributed by atoms with Gasteiger partial charge in [-0.25, -0.2) is 0 Å². The molecule has 6 nitrogen and oxygen atoms in total. The molecular weight excluding hydrogens is 356 g/mol. The minimum absolute atomic E-state index is 0. The van der Waals surface area contributed by atoms with E-state index in [-0.39, 0.29) is 18.3 Å². The van der Waals surface area contributed by atoms with E-state index < -0.39 is 5.41 Å². The second-order valence-corrected chi connectivity index (χ2v) is 6.37. The van der Waals surface area contributed by atoms with E-state index in [4.69, 9.17) is 14.2 Å². The lowest BCUT2D eigenvalue weighted by Crippen LogP contribution is -2.47. The maximum Gasteiger partial charge on any atom is 0.233 e. The van der Waals surface area contributed by atoms with Crippen molar-refractivity contribution in [2.45, 2.75) is 26.4 Å². The van der Waals surface area contributed by atoms with Crippen LogP contribution in [0.1, 0.15) is 25.3 Å². The molecule has 0 atom stereocenters. The highest BCUT2D eigenvalue weighted by atomic mass is 35.5. The molecular formula is C19H31ClN2O4. The number of ether oxygens (including phenoxy) is 3. The molecule has 2 N–H and O–H groups in total. The quantitative estimate of drug-likeness (QED) is 0.605. The van der Waals surface area contributed by atoms with Crippen LogP contribution < -0.4 is 10.6 Å². The molecule has 1 amide bonds. The first-order valence-electron chi connectivity index (χ1n) is 8.96. The van der Waals surface area contributed by atoms with Gasteiger partial charge in [-0.15, -0.1) is 12.4 Å². The number of carbonyl (C=O) groups excluding carboxylic acids is 1. The number of hydrogen-bond acceptors (Lipinski definition) is 5. The lowest BCUT2D eigenvalue weighted by Gasteiger charge is -2.35. The van der Waals surface area contributed by atoms with E-state index in [1.165, 1.54) is 0 Å². The zero-order valence-corrected chi connectivity index (χ0v) is 16.5. The van der Waals surface area contributed by atoms with Gasteiger partial charge in [-0.3, -0.25) is 4.79 Å². The Morgan fingerprint density at radius 1 is 1.23 bits per heavy atom. The summed E-state index contributed by atoms with van der Waals surface area (Å²) < 4.78 is 16.2. The van der Waals surface area contributed by atoms with E-state index in [9.17, 15) is 4.79 Å². The predicted molar refractivity (Wildman–Crippen MR) is 105 cm³/mol. The van der Waals surface area contributed by atoms with Crippen LogP contribution in [0.25, 0.3) is 0 Å². The van der Waals surface area contributed by atoms with Gasteiger partial charge in [0.1, 0.15) is 0 Å². The number of carbonyl (C=O) groups is 1. The molecule has 1 fully saturated rings. The number of hydrogen-bond donors (Lipinski definition) is 2. The highest BCUT2D eigenvalue weighted by Crippen LogP contribution is 2.31. The van der Waals surface area contributed by atoms with Crippen molar-refractivity contribution >= 4 is 24.0 Å². The van der Waals surface area contributed by atoms with Crippen molar-refractivity contribution in [3.8, 4) is 0 Å². The van der Waals surface area contributed by atoms with Gasteiger partial charge >= 0.3 is 0 Å². The summed E-state index contributed by atoms with van der Waals surface area (Å²) in [6, 6.07) is 7.79. The normalized spacial score (nSPS) is 15.9. The molecule has 0 radical (unpaired) electrons. The Balaban J connectivity index is 0.00000338. The Bertz CT molecular complexity index is 531. The van der Waals surface area contributed by atoms with E-state index in [1.54, 1.807) is 7.11 Å². The number of halogens is 1. The van der Waals surface area contributed by atoms with Crippen LogP contribution in [-0.2, 0) is 25.6 Å². The van der Waals surface area contributed by atoms with Crippen molar-refractivity contribution in [1.29, 1.82) is 0 Å². The highest BCUT2D eigenvalue weighted by molar-refractivity contribution is 5.95. The lowest BCUT2D eigenvalue weighted by atomic mass is 9.78. The third kappa shape index (κ3) is 6.85. The smallest absolute Gasteiger partial charge is 0.233 e. The predicted octanol–water partition coefficient (Wildman–Crippen LogP) is 2.62. The van der Waals surface area contributed by atoms with Crippen LogP contribution in [0, 0.1) is 5.41 Å². The molecule has 1 aromatic rings. The molecule has 0 bridgehead atoms. The maximum absolute atomic E-state index is 12.9. The second-order valence-electron chi connectivity index (χ2n) is 6.37. The Morgan fingerprint density at radius 2 is 1.96 bits per heavy atom. The first kappa shape index (κ1) is 22.9. The summed E-state index contributed by atoms with van der Waals surface area (Å²) in [6.45, 7) is 6.45. The first-order chi connectivity index (χ1) is 12.2. The molecule has 0 aromatic heterocycles. The van der Waals surface area contributed by atoms with Crippen LogP contribution in [0.2, 0.25) is 0 Å². The zero-order valence-electron chi connectivity index (χ0n) is 15.7. The molecule has 0 spiro atoms. The van der Waals surface area contributed by atoms with Gasteiger partial charge in [0.05, 0.1) is 31.8 Å². The monoisotopic (exact) mass is 386 g/mol. The SMILES string of the molecule is CCOCCOCc1cccc(NC(=O)C2(COC)CCNCC2)c1.Cl. The molecule has 26 heavy (non-hydrogen) atoms. The summed E-state index contributed by atoms with van der Waals surface area (Å²) in [5.41, 5.74) is 1.37.